The summed E-state index contributed by atoms with van der Waals surface area (Å²) in [7, 11) is 0. The van der Waals surface area contributed by atoms with Crippen LogP contribution in [-0.4, -0.2) is 6.47 Å². The molecule has 0 aromatic carbocycles. The van der Waals surface area contributed by atoms with Gasteiger partial charge in [-0.05, 0) is 6.47 Å². The second-order valence-electron chi connectivity index (χ2n) is 0.201. The van der Waals surface area contributed by atoms with E-state index < -0.39 is 0 Å². The van der Waals surface area contributed by atoms with Crippen LogP contribution in [0.5, 0.6) is 0 Å². The zero-order valence-electron chi connectivity index (χ0n) is 2.30. The van der Waals surface area contributed by atoms with Gasteiger partial charge in [-0.3, -0.25) is 0 Å². The minimum Gasteiger partial charge on any atom is -0.574 e. The van der Waals surface area contributed by atoms with Crippen LogP contribution in [0.15, 0.2) is 0 Å². The number of hydrogen-bond acceptors (Lipinski definition) is 3. The van der Waals surface area contributed by atoms with Crippen molar-refractivity contribution in [2.24, 2.45) is 5.90 Å². The van der Waals surface area contributed by atoms with Crippen molar-refractivity contribution in [3.8, 4) is 0 Å². The average molecular weight is 156 g/mol. The number of carbonyl (C=O) groups excluding carboxylic acids is 1. The van der Waals surface area contributed by atoms with Crippen LogP contribution in [0.3, 0.4) is 0 Å². The molecule has 0 aromatic heterocycles. The Morgan fingerprint density at radius 2 is 2.00 bits per heavy atom. The third-order valence-electron chi connectivity index (χ3n) is 0.0481. The van der Waals surface area contributed by atoms with E-state index >= 15 is 0 Å². The van der Waals surface area contributed by atoms with Crippen molar-refractivity contribution in [3.63, 3.8) is 0 Å². The average Bonchev–Trinajstić information content (AvgIpc) is 1.37. The summed E-state index contributed by atoms with van der Waals surface area (Å²) >= 11 is 0. The minimum absolute atomic E-state index is 0. The number of rotatable bonds is 1. The fourth-order valence-corrected chi connectivity index (χ4v) is 0. The standard InChI is InChI=1S/CH2NO2.Mo/c2-4-1-3;/h2H2;/q-1;. The molecule has 0 aliphatic rings. The largest absolute Gasteiger partial charge is 0.574 e. The first-order valence-electron chi connectivity index (χ1n) is 0.644. The summed E-state index contributed by atoms with van der Waals surface area (Å²) < 4.78 is 0. The summed E-state index contributed by atoms with van der Waals surface area (Å²) in [5.41, 5.74) is 0. The van der Waals surface area contributed by atoms with Gasteiger partial charge in [0.2, 0.25) is 0 Å². The van der Waals surface area contributed by atoms with Gasteiger partial charge >= 0.3 is 0 Å². The Kier molecular flexibility index (Phi) is 15.9. The molecule has 0 aromatic rings. The van der Waals surface area contributed by atoms with E-state index in [1.165, 1.54) is 0 Å². The van der Waals surface area contributed by atoms with Gasteiger partial charge in [-0.25, -0.2) is 5.90 Å². The summed E-state index contributed by atoms with van der Waals surface area (Å²) in [6, 6.07) is 0. The van der Waals surface area contributed by atoms with Crippen LogP contribution < -0.4 is 5.90 Å². The molecule has 4 heteroatoms. The van der Waals surface area contributed by atoms with Crippen molar-refractivity contribution in [3.05, 3.63) is 0 Å². The molecule has 0 unspecified atom stereocenters. The van der Waals surface area contributed by atoms with Gasteiger partial charge in [-0.15, -0.1) is 0 Å². The van der Waals surface area contributed by atoms with Gasteiger partial charge in [-0.2, -0.15) is 0 Å². The zero-order chi connectivity index (χ0) is 3.41. The summed E-state index contributed by atoms with van der Waals surface area (Å²) in [6.07, 6.45) is 0. The molecule has 0 aliphatic heterocycles. The predicted octanol–water partition coefficient (Wildman–Crippen LogP) is -1.06. The molecule has 3 nitrogen and oxygen atoms in total. The van der Waals surface area contributed by atoms with Crippen molar-refractivity contribution < 1.29 is 30.7 Å². The molecule has 0 heterocycles. The van der Waals surface area contributed by atoms with E-state index in [2.05, 4.69) is 10.7 Å². The number of nitrogens with two attached hydrogens (primary N) is 1. The zero-order valence-corrected chi connectivity index (χ0v) is 4.31. The first-order valence-corrected chi connectivity index (χ1v) is 0.644. The van der Waals surface area contributed by atoms with E-state index in [9.17, 15) is 0 Å². The van der Waals surface area contributed by atoms with E-state index in [-0.39, 0.29) is 21.1 Å². The Morgan fingerprint density at radius 1 is 1.80 bits per heavy atom. The van der Waals surface area contributed by atoms with Crippen molar-refractivity contribution in [1.82, 2.24) is 0 Å². The topological polar surface area (TPSA) is 52.3 Å². The fourth-order valence-electron chi connectivity index (χ4n) is 0. The van der Waals surface area contributed by atoms with Crippen molar-refractivity contribution in [1.29, 1.82) is 0 Å². The van der Waals surface area contributed by atoms with Crippen LogP contribution in [0.1, 0.15) is 0 Å². The molecule has 2 N–H and O–H groups in total. The molecule has 0 atom stereocenters. The summed E-state index contributed by atoms with van der Waals surface area (Å²) in [6.45, 7) is 0.958. The van der Waals surface area contributed by atoms with Gasteiger partial charge in [0.1, 0.15) is 0 Å². The van der Waals surface area contributed by atoms with Crippen LogP contribution in [0.25, 0.3) is 0 Å². The van der Waals surface area contributed by atoms with Gasteiger partial charge in [0, 0.05) is 21.1 Å². The maximum absolute atomic E-state index is 8.70. The molecule has 0 saturated carbocycles. The number of hydrogen-bond donors (Lipinski definition) is 1. The summed E-state index contributed by atoms with van der Waals surface area (Å²) in [5, 5.41) is 0. The maximum Gasteiger partial charge on any atom is 0 e. The Morgan fingerprint density at radius 3 is 2.00 bits per heavy atom. The molecule has 0 bridgehead atoms. The van der Waals surface area contributed by atoms with Gasteiger partial charge < -0.3 is 9.63 Å². The molecular weight excluding hydrogens is 154 g/mol. The monoisotopic (exact) mass is 158 g/mol. The maximum atomic E-state index is 8.70. The molecule has 0 radical (unpaired) electrons. The second kappa shape index (κ2) is 8.92. The third-order valence-corrected chi connectivity index (χ3v) is 0.0481. The molecule has 0 amide bonds. The smallest absolute Gasteiger partial charge is 0 e. The van der Waals surface area contributed by atoms with Gasteiger partial charge in [0.25, 0.3) is 0 Å². The fraction of sp³-hybridized carbons (Fsp3) is 0. The molecule has 0 saturated heterocycles. The van der Waals surface area contributed by atoms with Gasteiger partial charge in [-0.1, -0.05) is 0 Å². The van der Waals surface area contributed by atoms with Crippen LogP contribution in [0.2, 0.25) is 0 Å². The minimum atomic E-state index is 0. The van der Waals surface area contributed by atoms with Crippen LogP contribution >= 0.6 is 0 Å². The SMILES string of the molecule is NO[C-]=O.[Mo]. The van der Waals surface area contributed by atoms with E-state index in [4.69, 9.17) is 4.79 Å². The molecule has 0 aliphatic carbocycles. The molecule has 5 heavy (non-hydrogen) atoms. The van der Waals surface area contributed by atoms with Crippen LogP contribution in [-0.2, 0) is 30.7 Å². The van der Waals surface area contributed by atoms with Gasteiger partial charge in [0.05, 0.1) is 0 Å². The van der Waals surface area contributed by atoms with Crippen molar-refractivity contribution >= 4 is 6.47 Å². The van der Waals surface area contributed by atoms with Crippen molar-refractivity contribution in [2.45, 2.75) is 0 Å². The molecule has 0 fully saturated rings. The Balaban J connectivity index is 0. The van der Waals surface area contributed by atoms with E-state index in [0.29, 0.717) is 0 Å². The van der Waals surface area contributed by atoms with E-state index in [1.807, 2.05) is 0 Å². The summed E-state index contributed by atoms with van der Waals surface area (Å²) in [5.74, 6) is 4.10. The summed E-state index contributed by atoms with van der Waals surface area (Å²) in [4.78, 5) is 11.9. The molecule has 0 rings (SSSR count). The molecule has 0 spiro atoms. The first-order chi connectivity index (χ1) is 1.91. The second-order valence-corrected chi connectivity index (χ2v) is 0.201. The van der Waals surface area contributed by atoms with E-state index in [1.54, 1.807) is 0 Å². The van der Waals surface area contributed by atoms with Crippen molar-refractivity contribution in [2.75, 3.05) is 0 Å². The first kappa shape index (κ1) is 8.93. The predicted molar refractivity (Wildman–Crippen MR) is 11.0 cm³/mol. The quantitative estimate of drug-likeness (QED) is 0.299. The third kappa shape index (κ3) is 14.8. The molecular formula is CH2MoNO2-. The van der Waals surface area contributed by atoms with Gasteiger partial charge in [0.15, 0.2) is 0 Å². The van der Waals surface area contributed by atoms with E-state index in [0.717, 1.165) is 6.47 Å². The Labute approximate surface area is 43.7 Å². The van der Waals surface area contributed by atoms with Crippen LogP contribution in [0, 0.1) is 0 Å². The van der Waals surface area contributed by atoms with Crippen LogP contribution in [0.4, 0.5) is 0 Å². The molecule has 30 valence electrons. The Bertz CT molecular complexity index is 23.6. The normalized spacial score (nSPS) is 4.20. The Hall–Kier alpha value is 0.118.